The molecule has 0 fully saturated rings. The van der Waals surface area contributed by atoms with Gasteiger partial charge in [0.25, 0.3) is 5.91 Å². The number of rotatable bonds is 5. The second-order valence-electron chi connectivity index (χ2n) is 5.94. The van der Waals surface area contributed by atoms with Crippen molar-refractivity contribution >= 4 is 12.1 Å². The van der Waals surface area contributed by atoms with E-state index in [1.807, 2.05) is 26.8 Å². The van der Waals surface area contributed by atoms with Gasteiger partial charge in [0.2, 0.25) is 0 Å². The molecule has 0 radical (unpaired) electrons. The minimum atomic E-state index is -0.703. The minimum absolute atomic E-state index is 0.344. The molecule has 5 nitrogen and oxygen atoms in total. The van der Waals surface area contributed by atoms with Crippen LogP contribution in [0.5, 0.6) is 5.75 Å². The van der Waals surface area contributed by atoms with Gasteiger partial charge in [-0.05, 0) is 63.1 Å². The number of carbonyl (C=O) groups is 1. The Hall–Kier alpha value is -3.13. The molecule has 5 heteroatoms. The quantitative estimate of drug-likeness (QED) is 0.672. The summed E-state index contributed by atoms with van der Waals surface area (Å²) in [6.45, 7) is 7.72. The van der Waals surface area contributed by atoms with Gasteiger partial charge in [-0.3, -0.25) is 4.79 Å². The summed E-state index contributed by atoms with van der Waals surface area (Å²) in [6, 6.07) is 12.8. The maximum absolute atomic E-state index is 12.1. The van der Waals surface area contributed by atoms with Crippen molar-refractivity contribution in [3.05, 3.63) is 64.2 Å². The topological polar surface area (TPSA) is 74.5 Å². The Kier molecular flexibility index (Phi) is 5.91. The molecule has 0 aliphatic rings. The maximum atomic E-state index is 12.1. The zero-order chi connectivity index (χ0) is 18.4. The van der Waals surface area contributed by atoms with Crippen molar-refractivity contribution in [2.24, 2.45) is 5.10 Å². The molecule has 0 saturated carbocycles. The number of benzene rings is 2. The number of carbonyl (C=O) groups excluding carboxylic acids is 1. The summed E-state index contributed by atoms with van der Waals surface area (Å²) in [6.07, 6.45) is 0.946. The lowest BCUT2D eigenvalue weighted by molar-refractivity contribution is -0.127. The molecule has 0 spiro atoms. The highest BCUT2D eigenvalue weighted by Gasteiger charge is 2.14. The summed E-state index contributed by atoms with van der Waals surface area (Å²) in [5, 5.41) is 12.8. The monoisotopic (exact) mass is 335 g/mol. The molecule has 2 rings (SSSR count). The molecule has 0 aliphatic carbocycles. The Morgan fingerprint density at radius 1 is 1.20 bits per heavy atom. The van der Waals surface area contributed by atoms with E-state index < -0.39 is 6.10 Å². The third kappa shape index (κ3) is 4.92. The van der Waals surface area contributed by atoms with Gasteiger partial charge < -0.3 is 4.74 Å². The molecule has 2 aromatic rings. The van der Waals surface area contributed by atoms with Gasteiger partial charge in [0.15, 0.2) is 6.10 Å². The fraction of sp³-hybridized carbons (Fsp3) is 0.250. The molecule has 0 heterocycles. The van der Waals surface area contributed by atoms with Crippen molar-refractivity contribution < 1.29 is 9.53 Å². The Labute approximate surface area is 147 Å². The molecular weight excluding hydrogens is 314 g/mol. The fourth-order valence-corrected chi connectivity index (χ4v) is 2.51. The molecule has 1 amide bonds. The van der Waals surface area contributed by atoms with Crippen LogP contribution in [0, 0.1) is 32.1 Å². The number of nitrogens with zero attached hydrogens (tertiary/aromatic N) is 2. The molecule has 0 aromatic heterocycles. The highest BCUT2D eigenvalue weighted by Crippen LogP contribution is 2.15. The second-order valence-corrected chi connectivity index (χ2v) is 5.94. The molecule has 25 heavy (non-hydrogen) atoms. The van der Waals surface area contributed by atoms with Crippen molar-refractivity contribution in [1.29, 1.82) is 5.26 Å². The van der Waals surface area contributed by atoms with E-state index >= 15 is 0 Å². The highest BCUT2D eigenvalue weighted by molar-refractivity contribution is 5.86. The number of aryl methyl sites for hydroxylation is 3. The number of ether oxygens (including phenoxy) is 1. The minimum Gasteiger partial charge on any atom is -0.481 e. The number of hydrogen-bond donors (Lipinski definition) is 1. The van der Waals surface area contributed by atoms with Crippen LogP contribution in [-0.4, -0.2) is 18.2 Å². The van der Waals surface area contributed by atoms with Crippen LogP contribution in [0.2, 0.25) is 0 Å². The first-order valence-corrected chi connectivity index (χ1v) is 7.98. The number of nitriles is 1. The number of hydrazone groups is 1. The van der Waals surface area contributed by atoms with Gasteiger partial charge >= 0.3 is 0 Å². The first-order valence-electron chi connectivity index (χ1n) is 7.98. The van der Waals surface area contributed by atoms with Crippen LogP contribution in [0.3, 0.4) is 0 Å². The summed E-state index contributed by atoms with van der Waals surface area (Å²) >= 11 is 0. The smallest absolute Gasteiger partial charge is 0.280 e. The van der Waals surface area contributed by atoms with Crippen LogP contribution >= 0.6 is 0 Å². The summed E-state index contributed by atoms with van der Waals surface area (Å²) < 4.78 is 5.55. The lowest BCUT2D eigenvalue weighted by atomic mass is 10.0. The predicted octanol–water partition coefficient (Wildman–Crippen LogP) is 3.40. The predicted molar refractivity (Wildman–Crippen MR) is 97.6 cm³/mol. The molecule has 0 bridgehead atoms. The molecule has 128 valence electrons. The molecule has 1 N–H and O–H groups in total. The van der Waals surface area contributed by atoms with E-state index in [4.69, 9.17) is 10.00 Å². The molecule has 2 aromatic carbocycles. The van der Waals surface area contributed by atoms with Crippen molar-refractivity contribution in [2.45, 2.75) is 33.8 Å². The largest absolute Gasteiger partial charge is 0.481 e. The van der Waals surface area contributed by atoms with E-state index in [2.05, 4.69) is 22.7 Å². The van der Waals surface area contributed by atoms with Crippen LogP contribution in [-0.2, 0) is 4.79 Å². The second kappa shape index (κ2) is 8.11. The number of amides is 1. The molecule has 1 atom stereocenters. The van der Waals surface area contributed by atoms with Gasteiger partial charge in [-0.2, -0.15) is 10.4 Å². The third-order valence-corrected chi connectivity index (χ3v) is 3.77. The van der Waals surface area contributed by atoms with Gasteiger partial charge in [0.05, 0.1) is 17.8 Å². The molecule has 1 unspecified atom stereocenters. The van der Waals surface area contributed by atoms with E-state index in [0.29, 0.717) is 11.3 Å². The van der Waals surface area contributed by atoms with Crippen LogP contribution < -0.4 is 10.2 Å². The SMILES string of the molecule is Cc1cc(C)c(/C=N/NC(=O)C(C)Oc2ccc(C#N)cc2)c(C)c1. The van der Waals surface area contributed by atoms with Crippen LogP contribution in [0.1, 0.15) is 34.7 Å². The van der Waals surface area contributed by atoms with E-state index in [1.165, 1.54) is 5.56 Å². The summed E-state index contributed by atoms with van der Waals surface area (Å²) in [5.74, 6) is 0.180. The van der Waals surface area contributed by atoms with Gasteiger partial charge in [-0.25, -0.2) is 5.43 Å². The Balaban J connectivity index is 1.96. The van der Waals surface area contributed by atoms with E-state index in [-0.39, 0.29) is 5.91 Å². The number of hydrogen-bond acceptors (Lipinski definition) is 4. The van der Waals surface area contributed by atoms with Gasteiger partial charge in [0, 0.05) is 5.56 Å². The van der Waals surface area contributed by atoms with Crippen LogP contribution in [0.4, 0.5) is 0 Å². The Bertz CT molecular complexity index is 810. The van der Waals surface area contributed by atoms with Crippen LogP contribution in [0.25, 0.3) is 0 Å². The van der Waals surface area contributed by atoms with Gasteiger partial charge in [-0.15, -0.1) is 0 Å². The average Bonchev–Trinajstić information content (AvgIpc) is 2.57. The third-order valence-electron chi connectivity index (χ3n) is 3.77. The highest BCUT2D eigenvalue weighted by atomic mass is 16.5. The lowest BCUT2D eigenvalue weighted by Gasteiger charge is -2.13. The zero-order valence-electron chi connectivity index (χ0n) is 14.8. The van der Waals surface area contributed by atoms with Crippen molar-refractivity contribution in [1.82, 2.24) is 5.43 Å². The standard InChI is InChI=1S/C20H21N3O2/c1-13-9-14(2)19(15(3)10-13)12-22-23-20(24)16(4)25-18-7-5-17(11-21)6-8-18/h5-10,12,16H,1-4H3,(H,23,24)/b22-12+. The lowest BCUT2D eigenvalue weighted by Crippen LogP contribution is -2.33. The average molecular weight is 335 g/mol. The Morgan fingerprint density at radius 2 is 1.80 bits per heavy atom. The number of nitrogens with one attached hydrogen (secondary N) is 1. The van der Waals surface area contributed by atoms with Crippen molar-refractivity contribution in [3.8, 4) is 11.8 Å². The van der Waals surface area contributed by atoms with Crippen molar-refractivity contribution in [3.63, 3.8) is 0 Å². The molecule has 0 saturated heterocycles. The van der Waals surface area contributed by atoms with Gasteiger partial charge in [0.1, 0.15) is 5.75 Å². The van der Waals surface area contributed by atoms with E-state index in [1.54, 1.807) is 37.4 Å². The first kappa shape index (κ1) is 18.2. The normalized spacial score (nSPS) is 11.8. The maximum Gasteiger partial charge on any atom is 0.280 e. The zero-order valence-corrected chi connectivity index (χ0v) is 14.8. The first-order chi connectivity index (χ1) is 11.9. The summed E-state index contributed by atoms with van der Waals surface area (Å²) in [4.78, 5) is 12.1. The van der Waals surface area contributed by atoms with E-state index in [9.17, 15) is 4.79 Å². The van der Waals surface area contributed by atoms with E-state index in [0.717, 1.165) is 16.7 Å². The Morgan fingerprint density at radius 3 is 2.36 bits per heavy atom. The summed E-state index contributed by atoms with van der Waals surface area (Å²) in [5.41, 5.74) is 7.44. The molecule has 0 aliphatic heterocycles. The fourth-order valence-electron chi connectivity index (χ4n) is 2.51. The molecular formula is C20H21N3O2. The van der Waals surface area contributed by atoms with Crippen LogP contribution in [0.15, 0.2) is 41.5 Å². The van der Waals surface area contributed by atoms with Crippen molar-refractivity contribution in [2.75, 3.05) is 0 Å². The van der Waals surface area contributed by atoms with Gasteiger partial charge in [-0.1, -0.05) is 17.7 Å². The summed E-state index contributed by atoms with van der Waals surface area (Å²) in [7, 11) is 0.